The van der Waals surface area contributed by atoms with E-state index < -0.39 is 126 Å². The molecule has 0 radical (unpaired) electrons. The quantitative estimate of drug-likeness (QED) is 0.134. The molecule has 0 unspecified atom stereocenters. The SMILES string of the molecule is [2H]c1cc([2H])c([2H])c(-c2cc(C(C)(C)C)cc(-c3c([2H])c([2H])c([2H])c([2H])c3[2H])c2N2c3cc(-n4c5ccc(C(C)(C)C)cc5c5cc(C(C)(C)C)ccc54)ccc3B3c4ccc(-n5c6ccc(C(C)(C)C)cc6c6cc(C(C)(C)C)ccc65)cc4N(c4c(-c5c([2H])c([2H])c([2H])c([2H])c5[2H])cc(C(C)(C)C)cc4-c4c([2H])c([2H])c([2H])c([2H])c4[2H])c4cc(C5c6ccccc6Cc6ccccc65)cc2c43)c1[2H]. The number of nitrogens with zero attached hydrogens (tertiary/aromatic N) is 4. The van der Waals surface area contributed by atoms with E-state index in [1.807, 2.05) is 99.9 Å². The molecular formula is C116H109BN4. The van der Waals surface area contributed by atoms with Crippen molar-refractivity contribution in [2.75, 3.05) is 9.80 Å². The minimum absolute atomic E-state index is 0.0314. The molecule has 0 bridgehead atoms. The van der Waals surface area contributed by atoms with Gasteiger partial charge in [0.1, 0.15) is 0 Å². The van der Waals surface area contributed by atoms with Crippen LogP contribution in [0.25, 0.3) is 99.5 Å². The maximum absolute atomic E-state index is 10.5. The van der Waals surface area contributed by atoms with Crippen LogP contribution >= 0.6 is 0 Å². The van der Waals surface area contributed by atoms with Gasteiger partial charge in [0.2, 0.25) is 0 Å². The largest absolute Gasteiger partial charge is 0.310 e. The van der Waals surface area contributed by atoms with Gasteiger partial charge in [0.05, 0.1) is 59.5 Å². The second kappa shape index (κ2) is 28.1. The van der Waals surface area contributed by atoms with Crippen molar-refractivity contribution in [1.82, 2.24) is 9.13 Å². The highest BCUT2D eigenvalue weighted by Crippen LogP contribution is 2.57. The number of hydrogen-bond acceptors (Lipinski definition) is 2. The summed E-state index contributed by atoms with van der Waals surface area (Å²) in [6.07, 6.45) is 0.536. The van der Waals surface area contributed by atoms with Crippen molar-refractivity contribution in [3.8, 4) is 55.9 Å². The first-order valence-corrected chi connectivity index (χ1v) is 42.2. The van der Waals surface area contributed by atoms with Crippen molar-refractivity contribution in [3.05, 3.63) is 376 Å². The maximum atomic E-state index is 10.5. The fraction of sp³-hybridized carbons (Fsp3) is 0.224. The molecule has 596 valence electrons. The van der Waals surface area contributed by atoms with Gasteiger partial charge in [-0.25, -0.2) is 0 Å². The fourth-order valence-electron chi connectivity index (χ4n) is 19.0. The summed E-state index contributed by atoms with van der Waals surface area (Å²) < 4.78 is 195. The Morgan fingerprint density at radius 3 is 0.909 bits per heavy atom. The minimum Gasteiger partial charge on any atom is -0.310 e. The Bertz CT molecular complexity index is 7880. The average Bonchev–Trinajstić information content (AvgIpc) is 0.953. The molecule has 4 nitrogen and oxygen atoms in total. The van der Waals surface area contributed by atoms with E-state index in [4.69, 9.17) is 0 Å². The third kappa shape index (κ3) is 13.0. The van der Waals surface area contributed by atoms with Crippen molar-refractivity contribution >= 4 is 101 Å². The summed E-state index contributed by atoms with van der Waals surface area (Å²) in [6, 6.07) is 57.4. The monoisotopic (exact) mass is 1590 g/mol. The van der Waals surface area contributed by atoms with Crippen LogP contribution in [0.4, 0.5) is 34.1 Å². The number of hydrogen-bond donors (Lipinski definition) is 0. The Morgan fingerprint density at radius 2 is 0.595 bits per heavy atom. The number of anilines is 6. The lowest BCUT2D eigenvalue weighted by Gasteiger charge is -2.46. The van der Waals surface area contributed by atoms with Crippen molar-refractivity contribution in [2.45, 2.75) is 169 Å². The zero-order valence-corrected chi connectivity index (χ0v) is 72.2. The number of fused-ring (bicyclic) bond motifs is 12. The maximum Gasteiger partial charge on any atom is 0.252 e. The zero-order valence-electron chi connectivity index (χ0n) is 91.2. The van der Waals surface area contributed by atoms with Crippen molar-refractivity contribution in [3.63, 3.8) is 0 Å². The molecular weight excluding hydrogens is 1460 g/mol. The summed E-state index contributed by atoms with van der Waals surface area (Å²) in [6.45, 7) is 37.2. The van der Waals surface area contributed by atoms with Crippen molar-refractivity contribution in [2.24, 2.45) is 0 Å². The van der Waals surface area contributed by atoms with Gasteiger partial charge < -0.3 is 18.9 Å². The Hall–Kier alpha value is -12.4. The molecule has 0 spiro atoms. The average molecular weight is 1590 g/mol. The Kier molecular flexibility index (Phi) is 13.6. The minimum atomic E-state index is -0.970. The van der Waals surface area contributed by atoms with Crippen LogP contribution in [0.2, 0.25) is 0 Å². The molecule has 17 aromatic rings. The molecule has 0 N–H and O–H groups in total. The first-order chi connectivity index (χ1) is 65.7. The van der Waals surface area contributed by atoms with Gasteiger partial charge in [-0.3, -0.25) is 0 Å². The summed E-state index contributed by atoms with van der Waals surface area (Å²) in [7, 11) is 0. The van der Waals surface area contributed by atoms with E-state index in [-0.39, 0.29) is 89.6 Å². The van der Waals surface area contributed by atoms with Crippen LogP contribution < -0.4 is 26.2 Å². The summed E-state index contributed by atoms with van der Waals surface area (Å²) in [5.74, 6) is -0.708. The third-order valence-corrected chi connectivity index (χ3v) is 25.5. The molecule has 0 amide bonds. The highest BCUT2D eigenvalue weighted by atomic mass is 15.2. The Labute approximate surface area is 743 Å². The Balaban J connectivity index is 1.07. The van der Waals surface area contributed by atoms with E-state index in [0.29, 0.717) is 73.6 Å². The van der Waals surface area contributed by atoms with Gasteiger partial charge >= 0.3 is 0 Å². The van der Waals surface area contributed by atoms with Gasteiger partial charge in [-0.05, 0) is 248 Å². The van der Waals surface area contributed by atoms with E-state index in [9.17, 15) is 26.0 Å². The summed E-state index contributed by atoms with van der Waals surface area (Å²) >= 11 is 0. The lowest BCUT2D eigenvalue weighted by atomic mass is 9.33. The standard InChI is InChI=1S/C116H109BN4/c1-111(2,3)79-47-55-99-93(62-79)94-63-80(112(4,5)6)48-56-100(94)118(99)85-51-53-97-103(70-85)120(109-89(72-35-23-19-24-36-72)66-83(115(13,14)15)67-90(109)73-37-25-20-26-38-73)105-60-78(107-87-45-33-31-43-76(87)59-77-44-32-34-46-88(77)107)61-106-108(105)117(97)98-54-52-86(119-101-57-49-81(113(7,8)9)64-95(101)96-65-82(114(10,11)12)50-58-102(96)119)71-104(98)121(106)110-91(74-39-27-21-28-40-74)68-84(116(16,17)18)69-92(110)75-41-29-22-30-42-75/h19-58,60-71,107H,59H2,1-18H3/i19D,20D,21D,23D,24D,25D,26D,27D,28D,29D,30D,35D,36D,37D,38D,39D,40D,41D,42D. The van der Waals surface area contributed by atoms with Gasteiger partial charge in [0.25, 0.3) is 6.71 Å². The molecule has 3 aliphatic rings. The molecule has 4 heterocycles. The second-order valence-corrected chi connectivity index (χ2v) is 39.6. The summed E-state index contributed by atoms with van der Waals surface area (Å²) in [5, 5.41) is 3.94. The molecule has 5 heteroatoms. The summed E-state index contributed by atoms with van der Waals surface area (Å²) in [5.41, 5.74) is 14.6. The lowest BCUT2D eigenvalue weighted by molar-refractivity contribution is 0.590. The zero-order chi connectivity index (χ0) is 100. The number of aromatic nitrogens is 2. The molecule has 121 heavy (non-hydrogen) atoms. The molecule has 20 rings (SSSR count). The van der Waals surface area contributed by atoms with E-state index in [1.54, 1.807) is 0 Å². The van der Waals surface area contributed by atoms with Gasteiger partial charge in [-0.15, -0.1) is 0 Å². The predicted molar refractivity (Wildman–Crippen MR) is 520 cm³/mol. The highest BCUT2D eigenvalue weighted by molar-refractivity contribution is 7.00. The van der Waals surface area contributed by atoms with Crippen LogP contribution in [0, 0.1) is 0 Å². The van der Waals surface area contributed by atoms with Crippen LogP contribution in [-0.4, -0.2) is 15.8 Å². The van der Waals surface area contributed by atoms with Gasteiger partial charge in [0, 0.05) is 83.8 Å². The molecule has 0 fully saturated rings. The van der Waals surface area contributed by atoms with Crippen molar-refractivity contribution in [1.29, 1.82) is 0 Å². The normalized spacial score (nSPS) is 16.0. The fourth-order valence-corrected chi connectivity index (χ4v) is 19.0. The van der Waals surface area contributed by atoms with Crippen LogP contribution in [0.5, 0.6) is 0 Å². The lowest BCUT2D eigenvalue weighted by Crippen LogP contribution is -2.61. The number of rotatable bonds is 9. The van der Waals surface area contributed by atoms with E-state index >= 15 is 0 Å². The summed E-state index contributed by atoms with van der Waals surface area (Å²) in [4.78, 5) is 4.06. The van der Waals surface area contributed by atoms with Crippen LogP contribution in [0.3, 0.4) is 0 Å². The first kappa shape index (κ1) is 58.5. The molecule has 1 aliphatic carbocycles. The van der Waals surface area contributed by atoms with Crippen LogP contribution in [-0.2, 0) is 38.9 Å². The smallest absolute Gasteiger partial charge is 0.252 e. The molecule has 0 atom stereocenters. The Morgan fingerprint density at radius 1 is 0.289 bits per heavy atom. The third-order valence-electron chi connectivity index (χ3n) is 25.5. The van der Waals surface area contributed by atoms with Gasteiger partial charge in [-0.2, -0.15) is 0 Å². The first-order valence-electron chi connectivity index (χ1n) is 51.7. The van der Waals surface area contributed by atoms with Gasteiger partial charge in [-0.1, -0.05) is 330 Å². The van der Waals surface area contributed by atoms with E-state index in [0.717, 1.165) is 88.1 Å². The van der Waals surface area contributed by atoms with Crippen molar-refractivity contribution < 1.29 is 26.0 Å². The van der Waals surface area contributed by atoms with Gasteiger partial charge in [0.15, 0.2) is 0 Å². The van der Waals surface area contributed by atoms with Crippen LogP contribution in [0.1, 0.15) is 218 Å². The topological polar surface area (TPSA) is 16.3 Å². The van der Waals surface area contributed by atoms with E-state index in [2.05, 4.69) is 238 Å². The predicted octanol–water partition coefficient (Wildman–Crippen LogP) is 29.5. The molecule has 0 saturated heterocycles. The molecule has 0 saturated carbocycles. The van der Waals surface area contributed by atoms with E-state index in [1.165, 1.54) is 6.07 Å². The molecule has 2 aromatic heterocycles. The number of benzene rings is 15. The molecule has 15 aromatic carbocycles. The van der Waals surface area contributed by atoms with Crippen LogP contribution in [0.15, 0.2) is 315 Å². The second-order valence-electron chi connectivity index (χ2n) is 39.6. The highest BCUT2D eigenvalue weighted by Gasteiger charge is 2.47. The molecule has 2 aliphatic heterocycles.